The molecule has 0 unspecified atom stereocenters. The van der Waals surface area contributed by atoms with Gasteiger partial charge >= 0.3 is 18.9 Å². The number of rotatable bonds is 6. The first-order chi connectivity index (χ1) is 4.91. The Morgan fingerprint density at radius 1 is 1.00 bits per heavy atom. The van der Waals surface area contributed by atoms with E-state index < -0.39 is 0 Å². The fraction of sp³-hybridized carbons (Fsp3) is 0.800. The summed E-state index contributed by atoms with van der Waals surface area (Å²) in [6.45, 7) is 4.43. The third-order valence-electron chi connectivity index (χ3n) is 1.63. The molecular weight excluding hydrogens is 127 g/mol. The van der Waals surface area contributed by atoms with Gasteiger partial charge in [-0.3, -0.25) is 0 Å². The average molecular weight is 148 g/mol. The van der Waals surface area contributed by atoms with Crippen LogP contribution in [0.5, 0.6) is 0 Å². The molecule has 0 saturated carbocycles. The Morgan fingerprint density at radius 3 is 2.27 bits per heavy atom. The van der Waals surface area contributed by atoms with Gasteiger partial charge in [0, 0.05) is 0 Å². The quantitative estimate of drug-likeness (QED) is 0.300. The largest absolute Gasteiger partial charge is 1.00 e. The molecule has 0 aromatic rings. The minimum absolute atomic E-state index is 0. The molecule has 0 radical (unpaired) electrons. The van der Waals surface area contributed by atoms with E-state index in [4.69, 9.17) is 0 Å². The van der Waals surface area contributed by atoms with Gasteiger partial charge in [0.05, 0.1) is 0 Å². The maximum Gasteiger partial charge on any atom is 1.00 e. The van der Waals surface area contributed by atoms with Crippen LogP contribution < -0.4 is 18.9 Å². The van der Waals surface area contributed by atoms with Crippen molar-refractivity contribution in [1.82, 2.24) is 0 Å². The van der Waals surface area contributed by atoms with Gasteiger partial charge in [-0.15, -0.1) is 0 Å². The molecule has 0 aromatic carbocycles. The van der Waals surface area contributed by atoms with Crippen molar-refractivity contribution >= 4 is 0 Å². The second-order valence-corrected chi connectivity index (χ2v) is 2.73. The van der Waals surface area contributed by atoms with Gasteiger partial charge in [0.15, 0.2) is 0 Å². The van der Waals surface area contributed by atoms with Crippen molar-refractivity contribution in [2.24, 2.45) is 0 Å². The molecule has 0 fully saturated rings. The minimum Gasteiger partial charge on any atom is -1.00 e. The van der Waals surface area contributed by atoms with Crippen molar-refractivity contribution in [3.05, 3.63) is 12.2 Å². The summed E-state index contributed by atoms with van der Waals surface area (Å²) in [6, 6.07) is 0. The van der Waals surface area contributed by atoms with Gasteiger partial charge in [0.1, 0.15) is 0 Å². The first-order valence-electron chi connectivity index (χ1n) is 4.56. The van der Waals surface area contributed by atoms with Crippen molar-refractivity contribution < 1.29 is 20.3 Å². The fourth-order valence-electron chi connectivity index (χ4n) is 0.973. The summed E-state index contributed by atoms with van der Waals surface area (Å²) in [5.74, 6) is 0. The molecule has 0 nitrogen and oxygen atoms in total. The molecule has 0 aliphatic rings. The smallest absolute Gasteiger partial charge is 1.00 e. The summed E-state index contributed by atoms with van der Waals surface area (Å²) >= 11 is 0. The van der Waals surface area contributed by atoms with E-state index >= 15 is 0 Å². The van der Waals surface area contributed by atoms with Crippen LogP contribution >= 0.6 is 0 Å². The van der Waals surface area contributed by atoms with Crippen LogP contribution in [0.2, 0.25) is 0 Å². The zero-order chi connectivity index (χ0) is 7.66. The third-order valence-corrected chi connectivity index (χ3v) is 1.63. The van der Waals surface area contributed by atoms with E-state index in [2.05, 4.69) is 26.0 Å². The minimum atomic E-state index is 0. The van der Waals surface area contributed by atoms with Crippen LogP contribution in [0, 0.1) is 0 Å². The van der Waals surface area contributed by atoms with Gasteiger partial charge in [-0.2, -0.15) is 0 Å². The Labute approximate surface area is 85.1 Å². The topological polar surface area (TPSA) is 0 Å². The van der Waals surface area contributed by atoms with Gasteiger partial charge in [-0.05, 0) is 19.3 Å². The number of allylic oxidation sites excluding steroid dienone is 2. The summed E-state index contributed by atoms with van der Waals surface area (Å²) < 4.78 is 0. The fourth-order valence-corrected chi connectivity index (χ4v) is 0.973. The summed E-state index contributed by atoms with van der Waals surface area (Å²) in [5, 5.41) is 0. The van der Waals surface area contributed by atoms with Gasteiger partial charge in [-0.25, -0.2) is 0 Å². The molecule has 0 bridgehead atoms. The van der Waals surface area contributed by atoms with E-state index in [1.54, 1.807) is 0 Å². The summed E-state index contributed by atoms with van der Waals surface area (Å²) in [7, 11) is 0. The molecule has 62 valence electrons. The van der Waals surface area contributed by atoms with E-state index in [1.165, 1.54) is 38.5 Å². The summed E-state index contributed by atoms with van der Waals surface area (Å²) in [6.07, 6.45) is 12.6. The molecule has 0 rings (SSSR count). The monoisotopic (exact) mass is 148 g/mol. The van der Waals surface area contributed by atoms with Crippen LogP contribution in [-0.4, -0.2) is 0 Å². The molecule has 0 aromatic heterocycles. The van der Waals surface area contributed by atoms with Crippen molar-refractivity contribution in [2.45, 2.75) is 52.4 Å². The third kappa shape index (κ3) is 13.3. The Morgan fingerprint density at radius 2 is 1.73 bits per heavy atom. The van der Waals surface area contributed by atoms with E-state index in [1.807, 2.05) is 0 Å². The van der Waals surface area contributed by atoms with E-state index in [9.17, 15) is 0 Å². The number of hydrogen-bond donors (Lipinski definition) is 0. The van der Waals surface area contributed by atoms with Crippen LogP contribution in [0.3, 0.4) is 0 Å². The maximum atomic E-state index is 2.30. The van der Waals surface area contributed by atoms with Crippen LogP contribution in [-0.2, 0) is 0 Å². The first-order valence-corrected chi connectivity index (χ1v) is 4.56. The predicted molar refractivity (Wildman–Crippen MR) is 49.3 cm³/mol. The van der Waals surface area contributed by atoms with Crippen LogP contribution in [0.15, 0.2) is 12.2 Å². The SMILES string of the molecule is CCC=CCCCCCC.[H-].[Li+]. The molecule has 0 atom stereocenters. The van der Waals surface area contributed by atoms with Crippen molar-refractivity contribution in [3.63, 3.8) is 0 Å². The standard InChI is InChI=1S/C10H20.Li.H/c1-3-5-7-9-10-8-6-4-2;;/h5,7H,3-4,6,8-10H2,1-2H3;;/q;+1;-1. The molecule has 0 aliphatic carbocycles. The van der Waals surface area contributed by atoms with Crippen LogP contribution in [0.25, 0.3) is 0 Å². The van der Waals surface area contributed by atoms with Crippen molar-refractivity contribution in [2.75, 3.05) is 0 Å². The Hall–Kier alpha value is 0.337. The molecular formula is C10H21Li. The van der Waals surface area contributed by atoms with E-state index in [0.717, 1.165) is 0 Å². The normalized spacial score (nSPS) is 10.0. The molecule has 0 spiro atoms. The molecule has 0 saturated heterocycles. The maximum absolute atomic E-state index is 2.30. The Bertz CT molecular complexity index is 81.9. The summed E-state index contributed by atoms with van der Waals surface area (Å²) in [4.78, 5) is 0. The number of hydrogen-bond acceptors (Lipinski definition) is 0. The Kier molecular flexibility index (Phi) is 16.4. The molecule has 0 amide bonds. The molecule has 0 aliphatic heterocycles. The Balaban J connectivity index is -0.000000405. The summed E-state index contributed by atoms with van der Waals surface area (Å²) in [5.41, 5.74) is 0. The zero-order valence-corrected chi connectivity index (χ0v) is 8.40. The second-order valence-electron chi connectivity index (χ2n) is 2.73. The van der Waals surface area contributed by atoms with Crippen molar-refractivity contribution in [3.8, 4) is 0 Å². The zero-order valence-electron chi connectivity index (χ0n) is 9.40. The number of unbranched alkanes of at least 4 members (excludes halogenated alkanes) is 4. The molecule has 0 heterocycles. The van der Waals surface area contributed by atoms with Gasteiger partial charge < -0.3 is 1.43 Å². The van der Waals surface area contributed by atoms with E-state index in [0.29, 0.717) is 0 Å². The van der Waals surface area contributed by atoms with E-state index in [-0.39, 0.29) is 20.3 Å². The van der Waals surface area contributed by atoms with Crippen molar-refractivity contribution in [1.29, 1.82) is 0 Å². The van der Waals surface area contributed by atoms with Gasteiger partial charge in [-0.1, -0.05) is 45.3 Å². The van der Waals surface area contributed by atoms with Crippen LogP contribution in [0.4, 0.5) is 0 Å². The first kappa shape index (κ1) is 13.9. The van der Waals surface area contributed by atoms with Gasteiger partial charge in [0.2, 0.25) is 0 Å². The molecule has 0 N–H and O–H groups in total. The van der Waals surface area contributed by atoms with Crippen LogP contribution in [0.1, 0.15) is 53.8 Å². The molecule has 11 heavy (non-hydrogen) atoms. The molecule has 1 heteroatoms. The predicted octanol–water partition coefficient (Wildman–Crippen LogP) is 1.04. The second kappa shape index (κ2) is 13.0. The average Bonchev–Trinajstić information content (AvgIpc) is 1.97. The van der Waals surface area contributed by atoms with Gasteiger partial charge in [0.25, 0.3) is 0 Å².